The van der Waals surface area contributed by atoms with Crippen molar-refractivity contribution in [3.63, 3.8) is 0 Å². The highest BCUT2D eigenvalue weighted by atomic mass is 79.9. The van der Waals surface area contributed by atoms with E-state index < -0.39 is 7.12 Å². The highest BCUT2D eigenvalue weighted by molar-refractivity contribution is 9.10. The van der Waals surface area contributed by atoms with Crippen LogP contribution >= 0.6 is 43.5 Å². The summed E-state index contributed by atoms with van der Waals surface area (Å²) in [7, 11) is -1.60. The summed E-state index contributed by atoms with van der Waals surface area (Å²) in [6.07, 6.45) is 0. The van der Waals surface area contributed by atoms with Gasteiger partial charge in [0, 0.05) is 75.4 Å². The third-order valence-corrected chi connectivity index (χ3v) is 16.1. The van der Waals surface area contributed by atoms with E-state index in [1.54, 1.807) is 6.07 Å². The molecule has 0 aliphatic carbocycles. The molecule has 0 saturated carbocycles. The highest BCUT2D eigenvalue weighted by Gasteiger charge is 2.27. The first-order valence-electron chi connectivity index (χ1n) is 26.7. The predicted molar refractivity (Wildman–Crippen MR) is 348 cm³/mol. The molecule has 13 rings (SSSR count). The van der Waals surface area contributed by atoms with E-state index in [1.165, 1.54) is 0 Å². The molecule has 1 aromatic heterocycles. The van der Waals surface area contributed by atoms with Crippen LogP contribution in [0, 0.1) is 0 Å². The summed E-state index contributed by atoms with van der Waals surface area (Å²) in [6.45, 7) is 0. The van der Waals surface area contributed by atoms with Crippen LogP contribution in [0.2, 0.25) is 5.02 Å². The summed E-state index contributed by atoms with van der Waals surface area (Å²) in [5.41, 5.74) is 19.5. The average Bonchev–Trinajstić information content (AvgIpc) is 4.13. The molecule has 0 saturated heterocycles. The Morgan fingerprint density at radius 1 is 0.333 bits per heavy atom. The molecule has 0 spiro atoms. The highest BCUT2D eigenvalue weighted by Crippen LogP contribution is 2.52. The van der Waals surface area contributed by atoms with E-state index in [-0.39, 0.29) is 0 Å². The molecule has 0 aliphatic rings. The lowest BCUT2D eigenvalue weighted by atomic mass is 9.80. The Bertz CT molecular complexity index is 4390. The number of para-hydroxylation sites is 3. The Labute approximate surface area is 493 Å². The number of anilines is 6. The smallest absolute Gasteiger partial charge is 0.423 e. The molecule has 1 heterocycles. The van der Waals surface area contributed by atoms with Crippen molar-refractivity contribution in [3.8, 4) is 61.3 Å². The Morgan fingerprint density at radius 3 is 1.23 bits per heavy atom. The molecule has 0 atom stereocenters. The summed E-state index contributed by atoms with van der Waals surface area (Å²) >= 11 is 15.3. The summed E-state index contributed by atoms with van der Waals surface area (Å²) < 4.78 is 4.11. The average molecular weight is 1190 g/mol. The van der Waals surface area contributed by atoms with Crippen molar-refractivity contribution in [3.05, 3.63) is 299 Å². The molecule has 5 nitrogen and oxygen atoms in total. The van der Waals surface area contributed by atoms with E-state index in [4.69, 9.17) is 11.6 Å². The number of hydrogen-bond donors (Lipinski definition) is 2. The van der Waals surface area contributed by atoms with Crippen molar-refractivity contribution < 1.29 is 10.0 Å². The van der Waals surface area contributed by atoms with Crippen molar-refractivity contribution in [2.75, 3.05) is 9.80 Å². The zero-order valence-electron chi connectivity index (χ0n) is 43.6. The molecular weight excluding hydrogens is 1140 g/mol. The van der Waals surface area contributed by atoms with Crippen molar-refractivity contribution >= 4 is 112 Å². The second kappa shape index (κ2) is 22.4. The van der Waals surface area contributed by atoms with Crippen LogP contribution in [-0.4, -0.2) is 21.7 Å². The monoisotopic (exact) mass is 1190 g/mol. The Morgan fingerprint density at radius 2 is 0.741 bits per heavy atom. The fraction of sp³-hybridized carbons (Fsp3) is 0. The maximum absolute atomic E-state index is 10.3. The number of nitrogens with zero attached hydrogens (tertiary/aromatic N) is 3. The molecule has 2 N–H and O–H groups in total. The molecule has 0 aliphatic heterocycles. The van der Waals surface area contributed by atoms with Crippen LogP contribution in [0.5, 0.6) is 0 Å². The van der Waals surface area contributed by atoms with Crippen molar-refractivity contribution in [2.24, 2.45) is 0 Å². The fourth-order valence-electron chi connectivity index (χ4n) is 11.3. The lowest BCUT2D eigenvalue weighted by molar-refractivity contribution is 0.426. The van der Waals surface area contributed by atoms with Crippen LogP contribution in [0.15, 0.2) is 294 Å². The quantitative estimate of drug-likeness (QED) is 0.113. The first-order chi connectivity index (χ1) is 39.7. The van der Waals surface area contributed by atoms with Crippen LogP contribution < -0.4 is 15.3 Å². The van der Waals surface area contributed by atoms with Gasteiger partial charge in [0.15, 0.2) is 0 Å². The summed E-state index contributed by atoms with van der Waals surface area (Å²) in [5.74, 6) is 0. The summed E-state index contributed by atoms with van der Waals surface area (Å²) in [5, 5.41) is 23.2. The van der Waals surface area contributed by atoms with Crippen LogP contribution in [-0.2, 0) is 0 Å². The van der Waals surface area contributed by atoms with Crippen molar-refractivity contribution in [1.29, 1.82) is 0 Å². The van der Waals surface area contributed by atoms with Gasteiger partial charge in [0.1, 0.15) is 0 Å². The van der Waals surface area contributed by atoms with Gasteiger partial charge in [-0.05, 0) is 130 Å². The van der Waals surface area contributed by atoms with Crippen LogP contribution in [0.4, 0.5) is 34.1 Å². The second-order valence-electron chi connectivity index (χ2n) is 19.9. The number of halogens is 3. The minimum Gasteiger partial charge on any atom is -0.423 e. The molecule has 9 heteroatoms. The topological polar surface area (TPSA) is 51.9 Å². The van der Waals surface area contributed by atoms with Crippen molar-refractivity contribution in [2.45, 2.75) is 0 Å². The number of fused-ring (bicyclic) bond motifs is 3. The van der Waals surface area contributed by atoms with Gasteiger partial charge in [0.2, 0.25) is 0 Å². The third kappa shape index (κ3) is 10.2. The molecule has 13 aromatic rings. The molecule has 388 valence electrons. The molecular formula is C72H49BBr2ClN3O2. The number of aromatic nitrogens is 1. The zero-order valence-corrected chi connectivity index (χ0v) is 47.5. The van der Waals surface area contributed by atoms with E-state index in [0.717, 1.165) is 126 Å². The zero-order chi connectivity index (χ0) is 55.0. The Balaban J connectivity index is 1.04. The normalized spacial score (nSPS) is 11.3. The first-order valence-corrected chi connectivity index (χ1v) is 28.7. The summed E-state index contributed by atoms with van der Waals surface area (Å²) in [4.78, 5) is 4.70. The van der Waals surface area contributed by atoms with Gasteiger partial charge in [-0.15, -0.1) is 0 Å². The van der Waals surface area contributed by atoms with Gasteiger partial charge >= 0.3 is 7.12 Å². The predicted octanol–water partition coefficient (Wildman–Crippen LogP) is 19.9. The van der Waals surface area contributed by atoms with Gasteiger partial charge in [-0.3, -0.25) is 0 Å². The maximum atomic E-state index is 10.3. The number of benzene rings is 12. The van der Waals surface area contributed by atoms with Gasteiger partial charge in [-0.25, -0.2) is 0 Å². The van der Waals surface area contributed by atoms with Crippen molar-refractivity contribution in [1.82, 2.24) is 4.57 Å². The van der Waals surface area contributed by atoms with Crippen LogP contribution in [0.25, 0.3) is 83.1 Å². The first kappa shape index (κ1) is 51.7. The molecule has 81 heavy (non-hydrogen) atoms. The minimum atomic E-state index is -1.60. The Hall–Kier alpha value is -8.73. The lowest BCUT2D eigenvalue weighted by Crippen LogP contribution is -2.29. The lowest BCUT2D eigenvalue weighted by Gasteiger charge is -2.34. The van der Waals surface area contributed by atoms with Gasteiger partial charge < -0.3 is 24.4 Å². The minimum absolute atomic E-state index is 0.435. The molecule has 0 radical (unpaired) electrons. The molecule has 0 amide bonds. The van der Waals surface area contributed by atoms with E-state index >= 15 is 0 Å². The van der Waals surface area contributed by atoms with Crippen LogP contribution in [0.3, 0.4) is 0 Å². The third-order valence-electron chi connectivity index (χ3n) is 14.9. The largest absolute Gasteiger partial charge is 0.488 e. The van der Waals surface area contributed by atoms with Gasteiger partial charge in [0.05, 0.1) is 22.4 Å². The molecule has 0 unspecified atom stereocenters. The summed E-state index contributed by atoms with van der Waals surface area (Å²) in [6, 6.07) is 99.4. The van der Waals surface area contributed by atoms with E-state index in [9.17, 15) is 10.0 Å². The second-order valence-corrected chi connectivity index (χ2v) is 22.2. The van der Waals surface area contributed by atoms with Gasteiger partial charge in [0.25, 0.3) is 0 Å². The van der Waals surface area contributed by atoms with Gasteiger partial charge in [-0.2, -0.15) is 0 Å². The standard InChI is InChI=1S/C72H49BBr2ClN3O2/c74-55-26-14-30-59(43-55)77(71-63(48-18-5-1-6-19-48)32-16-33-64(71)49-20-7-2-8-21-49)61-45-57(76)46-62(47-61)78(60-31-15-27-56(75)44-60)72-65(50-22-9-3-10-23-50)34-17-35-66(72)53-25-13-24-51(40-53)52-36-38-69-67(41-52)68-42-54(73(80)81)37-39-70(68)79(69)58-28-11-4-12-29-58/h1-47,80-81H. The molecule has 12 aromatic carbocycles. The van der Waals surface area contributed by atoms with E-state index in [1.807, 2.05) is 30.3 Å². The maximum Gasteiger partial charge on any atom is 0.488 e. The Kier molecular flexibility index (Phi) is 14.3. The van der Waals surface area contributed by atoms with Gasteiger partial charge in [-0.1, -0.05) is 238 Å². The fourth-order valence-corrected chi connectivity index (χ4v) is 12.3. The number of hydrogen-bond acceptors (Lipinski definition) is 4. The molecule has 0 bridgehead atoms. The van der Waals surface area contributed by atoms with E-state index in [0.29, 0.717) is 10.5 Å². The SMILES string of the molecule is OB(O)c1ccc2c(c1)c1cc(-c3cccc(-c4cccc(-c5ccccc5)c4N(c4cccc(Br)c4)c4cc(Cl)cc(N(c5cccc(Br)c5)c5c(-c6ccccc6)cccc5-c5ccccc5)c4)c3)ccc1n2-c1ccccc1. The van der Waals surface area contributed by atoms with E-state index in [2.05, 4.69) is 295 Å². The number of rotatable bonds is 13. The van der Waals surface area contributed by atoms with Crippen LogP contribution in [0.1, 0.15) is 0 Å². The molecule has 0 fully saturated rings.